The van der Waals surface area contributed by atoms with Crippen molar-refractivity contribution < 1.29 is 17.5 Å². The Morgan fingerprint density at radius 3 is 2.12 bits per heavy atom. The second-order valence-corrected chi connectivity index (χ2v) is 8.31. The molecule has 0 unspecified atom stereocenters. The number of ether oxygens (including phenoxy) is 1. The Labute approximate surface area is 154 Å². The lowest BCUT2D eigenvalue weighted by atomic mass is 10.1. The van der Waals surface area contributed by atoms with E-state index in [1.54, 1.807) is 51.3 Å². The second kappa shape index (κ2) is 7.25. The highest BCUT2D eigenvalue weighted by Gasteiger charge is 2.31. The zero-order valence-electron chi connectivity index (χ0n) is 15.2. The average molecular weight is 378 g/mol. The fourth-order valence-corrected chi connectivity index (χ4v) is 5.28. The van der Waals surface area contributed by atoms with Gasteiger partial charge in [-0.2, -0.15) is 4.31 Å². The molecular formula is C19H23FN2O3S. The first kappa shape index (κ1) is 18.7. The molecule has 0 radical (unpaired) electrons. The number of hydrogen-bond acceptors (Lipinski definition) is 4. The first-order valence-corrected chi connectivity index (χ1v) is 9.93. The van der Waals surface area contributed by atoms with Gasteiger partial charge in [-0.1, -0.05) is 12.1 Å². The first-order chi connectivity index (χ1) is 12.3. The van der Waals surface area contributed by atoms with E-state index in [4.69, 9.17) is 4.74 Å². The molecule has 0 saturated carbocycles. The third-order valence-corrected chi connectivity index (χ3v) is 6.90. The van der Waals surface area contributed by atoms with Crippen molar-refractivity contribution in [1.29, 1.82) is 0 Å². The molecule has 3 rings (SSSR count). The molecule has 5 nitrogen and oxygen atoms in total. The standard InChI is InChI=1S/C19H23FN2O3S/c1-14-12-16(25-3)13-15(2)19(14)26(23,24)22-10-8-21(9-11-22)18-7-5-4-6-17(18)20/h4-7,12-13H,8-11H2,1-3H3. The fraction of sp³-hybridized carbons (Fsp3) is 0.368. The Kier molecular flexibility index (Phi) is 5.20. The fourth-order valence-electron chi connectivity index (χ4n) is 3.44. The third kappa shape index (κ3) is 3.41. The van der Waals surface area contributed by atoms with E-state index in [0.29, 0.717) is 53.6 Å². The molecule has 2 aromatic carbocycles. The van der Waals surface area contributed by atoms with Gasteiger partial charge in [0.2, 0.25) is 10.0 Å². The summed E-state index contributed by atoms with van der Waals surface area (Å²) in [5.74, 6) is 0.356. The minimum absolute atomic E-state index is 0.286. The SMILES string of the molecule is COc1cc(C)c(S(=O)(=O)N2CCN(c3ccccc3F)CC2)c(C)c1. The Balaban J connectivity index is 1.82. The van der Waals surface area contributed by atoms with Crippen molar-refractivity contribution in [2.75, 3.05) is 38.2 Å². The zero-order chi connectivity index (χ0) is 18.9. The lowest BCUT2D eigenvalue weighted by Crippen LogP contribution is -2.49. The molecule has 1 fully saturated rings. The zero-order valence-corrected chi connectivity index (χ0v) is 16.0. The van der Waals surface area contributed by atoms with Gasteiger partial charge in [-0.05, 0) is 49.2 Å². The monoisotopic (exact) mass is 378 g/mol. The number of anilines is 1. The predicted octanol–water partition coefficient (Wildman–Crippen LogP) is 2.96. The van der Waals surface area contributed by atoms with Crippen LogP contribution in [0.15, 0.2) is 41.3 Å². The smallest absolute Gasteiger partial charge is 0.243 e. The molecule has 140 valence electrons. The quantitative estimate of drug-likeness (QED) is 0.821. The predicted molar refractivity (Wildman–Crippen MR) is 99.8 cm³/mol. The molecule has 0 aromatic heterocycles. The van der Waals surface area contributed by atoms with Crippen LogP contribution in [-0.2, 0) is 10.0 Å². The molecule has 0 N–H and O–H groups in total. The number of rotatable bonds is 4. The Bertz CT molecular complexity index is 884. The molecule has 1 saturated heterocycles. The van der Waals surface area contributed by atoms with Crippen molar-refractivity contribution in [3.8, 4) is 5.75 Å². The molecule has 0 aliphatic carbocycles. The summed E-state index contributed by atoms with van der Waals surface area (Å²) in [5.41, 5.74) is 1.85. The van der Waals surface area contributed by atoms with Crippen LogP contribution in [0.3, 0.4) is 0 Å². The topological polar surface area (TPSA) is 49.9 Å². The van der Waals surface area contributed by atoms with Crippen molar-refractivity contribution in [3.63, 3.8) is 0 Å². The minimum Gasteiger partial charge on any atom is -0.497 e. The summed E-state index contributed by atoms with van der Waals surface area (Å²) in [6.07, 6.45) is 0. The minimum atomic E-state index is -3.61. The van der Waals surface area contributed by atoms with Crippen molar-refractivity contribution in [2.24, 2.45) is 0 Å². The summed E-state index contributed by atoms with van der Waals surface area (Å²) in [4.78, 5) is 2.22. The van der Waals surface area contributed by atoms with Crippen molar-refractivity contribution in [1.82, 2.24) is 4.31 Å². The first-order valence-electron chi connectivity index (χ1n) is 8.49. The maximum absolute atomic E-state index is 14.0. The lowest BCUT2D eigenvalue weighted by Gasteiger charge is -2.36. The largest absolute Gasteiger partial charge is 0.497 e. The van der Waals surface area contributed by atoms with Crippen LogP contribution in [0.2, 0.25) is 0 Å². The molecule has 7 heteroatoms. The van der Waals surface area contributed by atoms with Gasteiger partial charge < -0.3 is 9.64 Å². The van der Waals surface area contributed by atoms with Gasteiger partial charge in [-0.15, -0.1) is 0 Å². The molecule has 2 aromatic rings. The van der Waals surface area contributed by atoms with Gasteiger partial charge >= 0.3 is 0 Å². The van der Waals surface area contributed by atoms with Gasteiger partial charge in [0.15, 0.2) is 0 Å². The normalized spacial score (nSPS) is 15.9. The van der Waals surface area contributed by atoms with Crippen LogP contribution >= 0.6 is 0 Å². The van der Waals surface area contributed by atoms with Crippen LogP contribution in [0.4, 0.5) is 10.1 Å². The number of para-hydroxylation sites is 1. The van der Waals surface area contributed by atoms with E-state index in [0.717, 1.165) is 0 Å². The van der Waals surface area contributed by atoms with E-state index in [1.807, 2.05) is 4.90 Å². The molecular weight excluding hydrogens is 355 g/mol. The van der Waals surface area contributed by atoms with E-state index in [1.165, 1.54) is 10.4 Å². The molecule has 0 amide bonds. The number of nitrogens with zero attached hydrogens (tertiary/aromatic N) is 2. The van der Waals surface area contributed by atoms with E-state index < -0.39 is 10.0 Å². The summed E-state index contributed by atoms with van der Waals surface area (Å²) < 4.78 is 46.9. The van der Waals surface area contributed by atoms with Gasteiger partial charge in [0, 0.05) is 26.2 Å². The molecule has 1 aliphatic heterocycles. The van der Waals surface area contributed by atoms with Crippen LogP contribution < -0.4 is 9.64 Å². The number of aryl methyl sites for hydroxylation is 2. The van der Waals surface area contributed by atoms with Gasteiger partial charge in [0.25, 0.3) is 0 Å². The second-order valence-electron chi connectivity index (χ2n) is 6.43. The maximum Gasteiger partial charge on any atom is 0.243 e. The van der Waals surface area contributed by atoms with Crippen LogP contribution in [0.25, 0.3) is 0 Å². The van der Waals surface area contributed by atoms with Crippen LogP contribution in [0.5, 0.6) is 5.75 Å². The number of methoxy groups -OCH3 is 1. The van der Waals surface area contributed by atoms with E-state index in [9.17, 15) is 12.8 Å². The average Bonchev–Trinajstić information content (AvgIpc) is 2.61. The van der Waals surface area contributed by atoms with Gasteiger partial charge in [-0.3, -0.25) is 0 Å². The summed E-state index contributed by atoms with van der Waals surface area (Å²) >= 11 is 0. The van der Waals surface area contributed by atoms with E-state index >= 15 is 0 Å². The molecule has 0 atom stereocenters. The number of sulfonamides is 1. The Morgan fingerprint density at radius 2 is 1.58 bits per heavy atom. The van der Waals surface area contributed by atoms with Crippen molar-refractivity contribution >= 4 is 15.7 Å². The Morgan fingerprint density at radius 1 is 1.00 bits per heavy atom. The molecule has 0 bridgehead atoms. The third-order valence-electron chi connectivity index (χ3n) is 4.70. The molecule has 26 heavy (non-hydrogen) atoms. The molecule has 1 aliphatic rings. The highest BCUT2D eigenvalue weighted by Crippen LogP contribution is 2.29. The number of halogens is 1. The van der Waals surface area contributed by atoms with Gasteiger partial charge in [0.05, 0.1) is 17.7 Å². The van der Waals surface area contributed by atoms with Crippen LogP contribution in [-0.4, -0.2) is 46.0 Å². The van der Waals surface area contributed by atoms with E-state index in [-0.39, 0.29) is 5.82 Å². The lowest BCUT2D eigenvalue weighted by molar-refractivity contribution is 0.382. The summed E-state index contributed by atoms with van der Waals surface area (Å²) in [6.45, 7) is 5.10. The van der Waals surface area contributed by atoms with Crippen molar-refractivity contribution in [2.45, 2.75) is 18.7 Å². The number of hydrogen-bond donors (Lipinski definition) is 0. The van der Waals surface area contributed by atoms with Crippen molar-refractivity contribution in [3.05, 3.63) is 53.3 Å². The van der Waals surface area contributed by atoms with Gasteiger partial charge in [-0.25, -0.2) is 12.8 Å². The molecule has 1 heterocycles. The number of benzene rings is 2. The van der Waals surface area contributed by atoms with Crippen LogP contribution in [0, 0.1) is 19.7 Å². The summed E-state index contributed by atoms with van der Waals surface area (Å²) in [5, 5.41) is 0. The highest BCUT2D eigenvalue weighted by atomic mass is 32.2. The highest BCUT2D eigenvalue weighted by molar-refractivity contribution is 7.89. The Hall–Kier alpha value is -2.12. The maximum atomic E-state index is 14.0. The summed E-state index contributed by atoms with van der Waals surface area (Å²) in [7, 11) is -2.05. The molecule has 0 spiro atoms. The summed E-state index contributed by atoms with van der Waals surface area (Å²) in [6, 6.07) is 10.0. The van der Waals surface area contributed by atoms with E-state index in [2.05, 4.69) is 0 Å². The number of piperazine rings is 1. The van der Waals surface area contributed by atoms with Gasteiger partial charge in [0.1, 0.15) is 11.6 Å². The van der Waals surface area contributed by atoms with Crippen LogP contribution in [0.1, 0.15) is 11.1 Å².